The smallest absolute Gasteiger partial charge is 0.320 e. The zero-order chi connectivity index (χ0) is 17.2. The van der Waals surface area contributed by atoms with Crippen LogP contribution >= 0.6 is 0 Å². The first kappa shape index (κ1) is 17.1. The van der Waals surface area contributed by atoms with Crippen LogP contribution in [0.5, 0.6) is 0 Å². The third-order valence-corrected chi connectivity index (χ3v) is 5.58. The SMILES string of the molecule is CS(=O)(=O)c1cncnc1C1CCCN(C(=O)N2CCOCC2)C1. The van der Waals surface area contributed by atoms with Crippen molar-refractivity contribution < 1.29 is 17.9 Å². The van der Waals surface area contributed by atoms with Gasteiger partial charge in [-0.3, -0.25) is 0 Å². The zero-order valence-corrected chi connectivity index (χ0v) is 14.5. The van der Waals surface area contributed by atoms with E-state index in [0.717, 1.165) is 19.1 Å². The fourth-order valence-electron chi connectivity index (χ4n) is 3.25. The number of rotatable bonds is 2. The summed E-state index contributed by atoms with van der Waals surface area (Å²) >= 11 is 0. The molecule has 3 rings (SSSR count). The molecule has 0 bridgehead atoms. The predicted molar refractivity (Wildman–Crippen MR) is 86.5 cm³/mol. The second kappa shape index (κ2) is 7.02. The van der Waals surface area contributed by atoms with Crippen molar-refractivity contribution >= 4 is 15.9 Å². The van der Waals surface area contributed by atoms with Crippen LogP contribution in [0, 0.1) is 0 Å². The van der Waals surface area contributed by atoms with E-state index in [-0.39, 0.29) is 16.8 Å². The molecule has 1 atom stereocenters. The fourth-order valence-corrected chi connectivity index (χ4v) is 4.10. The van der Waals surface area contributed by atoms with Gasteiger partial charge in [-0.25, -0.2) is 23.2 Å². The summed E-state index contributed by atoms with van der Waals surface area (Å²) < 4.78 is 29.2. The highest BCUT2D eigenvalue weighted by molar-refractivity contribution is 7.90. The number of aromatic nitrogens is 2. The Morgan fingerprint density at radius 3 is 2.71 bits per heavy atom. The molecule has 2 amide bonds. The molecule has 2 fully saturated rings. The van der Waals surface area contributed by atoms with Crippen molar-refractivity contribution in [2.45, 2.75) is 23.7 Å². The number of likely N-dealkylation sites (tertiary alicyclic amines) is 1. The monoisotopic (exact) mass is 354 g/mol. The van der Waals surface area contributed by atoms with Crippen LogP contribution < -0.4 is 0 Å². The summed E-state index contributed by atoms with van der Waals surface area (Å²) in [7, 11) is -3.40. The summed E-state index contributed by atoms with van der Waals surface area (Å²) in [5.74, 6) is -0.0866. The summed E-state index contributed by atoms with van der Waals surface area (Å²) in [6, 6.07) is -0.00189. The summed E-state index contributed by atoms with van der Waals surface area (Å²) in [4.78, 5) is 24.5. The number of carbonyl (C=O) groups excluding carboxylic acids is 1. The molecule has 0 radical (unpaired) electrons. The number of carbonyl (C=O) groups is 1. The molecule has 1 aromatic rings. The highest BCUT2D eigenvalue weighted by Gasteiger charge is 2.31. The molecule has 3 heterocycles. The molecule has 2 aliphatic heterocycles. The van der Waals surface area contributed by atoms with Crippen molar-refractivity contribution in [1.29, 1.82) is 0 Å². The number of urea groups is 1. The summed E-state index contributed by atoms with van der Waals surface area (Å²) in [6.45, 7) is 3.49. The van der Waals surface area contributed by atoms with E-state index in [0.29, 0.717) is 45.1 Å². The second-order valence-corrected chi connectivity index (χ2v) is 8.20. The number of hydrogen-bond donors (Lipinski definition) is 0. The largest absolute Gasteiger partial charge is 0.378 e. The zero-order valence-electron chi connectivity index (χ0n) is 13.7. The summed E-state index contributed by atoms with van der Waals surface area (Å²) in [5.41, 5.74) is 0.520. The van der Waals surface area contributed by atoms with E-state index in [9.17, 15) is 13.2 Å². The van der Waals surface area contributed by atoms with Gasteiger partial charge in [0.05, 0.1) is 18.9 Å². The maximum Gasteiger partial charge on any atom is 0.320 e. The van der Waals surface area contributed by atoms with Crippen molar-refractivity contribution in [3.8, 4) is 0 Å². The number of nitrogens with zero attached hydrogens (tertiary/aromatic N) is 4. The molecule has 1 unspecified atom stereocenters. The molecule has 9 heteroatoms. The van der Waals surface area contributed by atoms with Gasteiger partial charge in [-0.15, -0.1) is 0 Å². The topological polar surface area (TPSA) is 92.7 Å². The van der Waals surface area contributed by atoms with E-state index in [2.05, 4.69) is 9.97 Å². The molecule has 0 saturated carbocycles. The summed E-state index contributed by atoms with van der Waals surface area (Å²) in [6.07, 6.45) is 5.52. The van der Waals surface area contributed by atoms with Gasteiger partial charge in [-0.2, -0.15) is 0 Å². The van der Waals surface area contributed by atoms with Gasteiger partial charge in [0, 0.05) is 44.5 Å². The first-order valence-electron chi connectivity index (χ1n) is 8.08. The van der Waals surface area contributed by atoms with Crippen LogP contribution in [0.15, 0.2) is 17.4 Å². The number of sulfone groups is 1. The predicted octanol–water partition coefficient (Wildman–Crippen LogP) is 0.512. The van der Waals surface area contributed by atoms with E-state index in [1.165, 1.54) is 12.5 Å². The highest BCUT2D eigenvalue weighted by atomic mass is 32.2. The van der Waals surface area contributed by atoms with Crippen molar-refractivity contribution in [2.24, 2.45) is 0 Å². The molecule has 132 valence electrons. The van der Waals surface area contributed by atoms with Crippen molar-refractivity contribution in [3.05, 3.63) is 18.2 Å². The normalized spacial score (nSPS) is 22.5. The molecule has 1 aromatic heterocycles. The molecule has 24 heavy (non-hydrogen) atoms. The Hall–Kier alpha value is -1.74. The number of amides is 2. The van der Waals surface area contributed by atoms with Crippen LogP contribution in [0.2, 0.25) is 0 Å². The average Bonchev–Trinajstić information content (AvgIpc) is 2.61. The average molecular weight is 354 g/mol. The number of morpholine rings is 1. The summed E-state index contributed by atoms with van der Waals surface area (Å²) in [5, 5.41) is 0. The van der Waals surface area contributed by atoms with Gasteiger partial charge in [0.25, 0.3) is 0 Å². The maximum atomic E-state index is 12.7. The number of hydrogen-bond acceptors (Lipinski definition) is 6. The minimum atomic E-state index is -3.40. The van der Waals surface area contributed by atoms with Gasteiger partial charge in [-0.05, 0) is 12.8 Å². The Morgan fingerprint density at radius 1 is 1.25 bits per heavy atom. The van der Waals surface area contributed by atoms with E-state index < -0.39 is 9.84 Å². The highest BCUT2D eigenvalue weighted by Crippen LogP contribution is 2.30. The van der Waals surface area contributed by atoms with Crippen LogP contribution in [0.25, 0.3) is 0 Å². The Balaban J connectivity index is 1.78. The molecular weight excluding hydrogens is 332 g/mol. The molecule has 0 aliphatic carbocycles. The van der Waals surface area contributed by atoms with Gasteiger partial charge in [0.1, 0.15) is 11.2 Å². The number of ether oxygens (including phenoxy) is 1. The quantitative estimate of drug-likeness (QED) is 0.768. The molecule has 2 saturated heterocycles. The Bertz CT molecular complexity index is 703. The lowest BCUT2D eigenvalue weighted by Crippen LogP contribution is -2.50. The first-order chi connectivity index (χ1) is 11.5. The molecular formula is C15H22N4O4S. The molecule has 0 spiro atoms. The molecule has 0 N–H and O–H groups in total. The van der Waals surface area contributed by atoms with Crippen LogP contribution in [0.1, 0.15) is 24.5 Å². The van der Waals surface area contributed by atoms with Gasteiger partial charge in [0.2, 0.25) is 0 Å². The Kier molecular flexibility index (Phi) is 5.00. The van der Waals surface area contributed by atoms with Crippen molar-refractivity contribution in [2.75, 3.05) is 45.6 Å². The van der Waals surface area contributed by atoms with Crippen LogP contribution in [-0.4, -0.2) is 79.9 Å². The lowest BCUT2D eigenvalue weighted by atomic mass is 9.94. The first-order valence-corrected chi connectivity index (χ1v) is 9.97. The third-order valence-electron chi connectivity index (χ3n) is 4.47. The maximum absolute atomic E-state index is 12.7. The number of piperidine rings is 1. The lowest BCUT2D eigenvalue weighted by Gasteiger charge is -2.37. The van der Waals surface area contributed by atoms with Crippen molar-refractivity contribution in [3.63, 3.8) is 0 Å². The minimum absolute atomic E-state index is 0.00189. The van der Waals surface area contributed by atoms with Crippen molar-refractivity contribution in [1.82, 2.24) is 19.8 Å². The molecule has 0 aromatic carbocycles. The van der Waals surface area contributed by atoms with Gasteiger partial charge >= 0.3 is 6.03 Å². The Morgan fingerprint density at radius 2 is 2.00 bits per heavy atom. The van der Waals surface area contributed by atoms with Gasteiger partial charge in [-0.1, -0.05) is 0 Å². The minimum Gasteiger partial charge on any atom is -0.378 e. The van der Waals surface area contributed by atoms with E-state index >= 15 is 0 Å². The standard InChI is InChI=1S/C15H22N4O4S/c1-24(21,22)13-9-16-11-17-14(13)12-3-2-4-19(10-12)15(20)18-5-7-23-8-6-18/h9,11-12H,2-8,10H2,1H3. The van der Waals surface area contributed by atoms with Crippen LogP contribution in [-0.2, 0) is 14.6 Å². The Labute approximate surface area is 141 Å². The molecule has 8 nitrogen and oxygen atoms in total. The lowest BCUT2D eigenvalue weighted by molar-refractivity contribution is 0.0407. The van der Waals surface area contributed by atoms with Crippen LogP contribution in [0.3, 0.4) is 0 Å². The van der Waals surface area contributed by atoms with E-state index in [1.54, 1.807) is 9.80 Å². The third kappa shape index (κ3) is 3.67. The van der Waals surface area contributed by atoms with E-state index in [4.69, 9.17) is 4.74 Å². The van der Waals surface area contributed by atoms with Gasteiger partial charge < -0.3 is 14.5 Å². The second-order valence-electron chi connectivity index (χ2n) is 6.21. The van der Waals surface area contributed by atoms with Crippen LogP contribution in [0.4, 0.5) is 4.79 Å². The van der Waals surface area contributed by atoms with Gasteiger partial charge in [0.15, 0.2) is 9.84 Å². The van der Waals surface area contributed by atoms with E-state index in [1.807, 2.05) is 0 Å². The molecule has 2 aliphatic rings. The fraction of sp³-hybridized carbons (Fsp3) is 0.667.